The third-order valence-corrected chi connectivity index (χ3v) is 30.3. The fraction of sp³-hybridized carbons (Fsp3) is 0.107. The molecule has 0 spiro atoms. The summed E-state index contributed by atoms with van der Waals surface area (Å²) in [5.41, 5.74) is 8.60. The lowest BCUT2D eigenvalue weighted by Crippen LogP contribution is -1.97. The van der Waals surface area contributed by atoms with E-state index < -0.39 is 0 Å². The zero-order valence-electron chi connectivity index (χ0n) is 37.0. The number of fused-ring (bicyclic) bond motifs is 7. The van der Waals surface area contributed by atoms with Crippen molar-refractivity contribution in [1.82, 2.24) is 0 Å². The minimum atomic E-state index is 0.938. The van der Waals surface area contributed by atoms with Crippen LogP contribution in [0.25, 0.3) is 71.7 Å². The molecule has 70 heavy (non-hydrogen) atoms. The van der Waals surface area contributed by atoms with Gasteiger partial charge in [-0.2, -0.15) is 0 Å². The molecule has 0 radical (unpaired) electrons. The Hall–Kier alpha value is -2.38. The van der Waals surface area contributed by atoms with Crippen LogP contribution in [0.1, 0.15) is 22.3 Å². The second kappa shape index (κ2) is 21.5. The third-order valence-electron chi connectivity index (χ3n) is 12.1. The zero-order valence-corrected chi connectivity index (χ0v) is 48.4. The number of benzene rings is 4. The number of rotatable bonds is 12. The van der Waals surface area contributed by atoms with Crippen molar-refractivity contribution in [1.29, 1.82) is 0 Å². The number of hydrogen-bond acceptors (Lipinski definition) is 14. The number of aryl methyl sites for hydroxylation is 2. The second-order valence-corrected chi connectivity index (χ2v) is 32.1. The first-order chi connectivity index (χ1) is 34.7. The van der Waals surface area contributed by atoms with Crippen LogP contribution in [0.15, 0.2) is 180 Å². The molecule has 0 amide bonds. The normalized spacial score (nSPS) is 15.1. The smallest absolute Gasteiger partial charge is 0.0717 e. The van der Waals surface area contributed by atoms with Crippen molar-refractivity contribution in [2.45, 2.75) is 24.3 Å². The van der Waals surface area contributed by atoms with Crippen LogP contribution < -0.4 is 0 Å². The van der Waals surface area contributed by atoms with Crippen molar-refractivity contribution in [3.8, 4) is 50.1 Å². The summed E-state index contributed by atoms with van der Waals surface area (Å²) in [4.78, 5) is 11.1. The van der Waals surface area contributed by atoms with E-state index >= 15 is 0 Å². The second-order valence-electron chi connectivity index (χ2n) is 16.4. The Morgan fingerprint density at radius 2 is 0.814 bits per heavy atom. The van der Waals surface area contributed by atoms with Crippen LogP contribution in [0.3, 0.4) is 0 Å². The van der Waals surface area contributed by atoms with E-state index in [1.54, 1.807) is 0 Å². The van der Waals surface area contributed by atoms with Crippen LogP contribution in [0, 0.1) is 0 Å². The SMILES string of the molecule is c1csc(-c2cc(CCSC3=C(SCCc4cc(-c5cccs5)sc4-c4cccs4)SC(=C4SC5=C(SCc6ccc7ccccc7c6-c6c(ccc7ccccc67)CS5)S4)S3)c(-c3cccs3)s2)c1. The van der Waals surface area contributed by atoms with Gasteiger partial charge in [0.05, 0.1) is 25.4 Å². The average molecular weight is 1160 g/mol. The summed E-state index contributed by atoms with van der Waals surface area (Å²) >= 11 is 27.7. The van der Waals surface area contributed by atoms with Gasteiger partial charge in [-0.3, -0.25) is 0 Å². The monoisotopic (exact) mass is 1160 g/mol. The van der Waals surface area contributed by atoms with Gasteiger partial charge < -0.3 is 0 Å². The van der Waals surface area contributed by atoms with E-state index in [9.17, 15) is 0 Å². The van der Waals surface area contributed by atoms with Gasteiger partial charge >= 0.3 is 0 Å². The quantitative estimate of drug-likeness (QED) is 0.117. The van der Waals surface area contributed by atoms with Crippen LogP contribution in [-0.4, -0.2) is 11.5 Å². The summed E-state index contributed by atoms with van der Waals surface area (Å²) in [7, 11) is 0. The van der Waals surface area contributed by atoms with Crippen LogP contribution in [0.4, 0.5) is 0 Å². The summed E-state index contributed by atoms with van der Waals surface area (Å²) in [6.45, 7) is 0. The molecule has 9 heterocycles. The van der Waals surface area contributed by atoms with Gasteiger partial charge in [0.25, 0.3) is 0 Å². The van der Waals surface area contributed by atoms with Gasteiger partial charge in [0.1, 0.15) is 0 Å². The van der Waals surface area contributed by atoms with Crippen LogP contribution in [0.5, 0.6) is 0 Å². The third kappa shape index (κ3) is 9.75. The Balaban J connectivity index is 0.792. The molecule has 6 aromatic heterocycles. The van der Waals surface area contributed by atoms with Crippen molar-refractivity contribution in [3.63, 3.8) is 0 Å². The topological polar surface area (TPSA) is 0 Å². The average Bonchev–Trinajstić information content (AvgIpc) is 4.24. The van der Waals surface area contributed by atoms with Crippen molar-refractivity contribution >= 4 is 184 Å². The van der Waals surface area contributed by atoms with E-state index in [-0.39, 0.29) is 0 Å². The predicted octanol–water partition coefficient (Wildman–Crippen LogP) is 22.5. The molecule has 13 rings (SSSR count). The molecule has 10 aromatic rings. The minimum absolute atomic E-state index is 0.938. The highest BCUT2D eigenvalue weighted by Crippen LogP contribution is 2.67. The summed E-state index contributed by atoms with van der Waals surface area (Å²) in [6, 6.07) is 50.3. The van der Waals surface area contributed by atoms with Crippen LogP contribution in [-0.2, 0) is 24.3 Å². The maximum atomic E-state index is 2.48. The summed E-state index contributed by atoms with van der Waals surface area (Å²) in [5.74, 6) is 3.98. The molecule has 3 aliphatic heterocycles. The number of thioether (sulfide) groups is 8. The van der Waals surface area contributed by atoms with Gasteiger partial charge in [-0.05, 0) is 126 Å². The fourth-order valence-electron chi connectivity index (χ4n) is 8.87. The molecule has 0 saturated carbocycles. The molecule has 14 heteroatoms. The first kappa shape index (κ1) is 47.3. The van der Waals surface area contributed by atoms with Gasteiger partial charge in [-0.25, -0.2) is 0 Å². The Labute approximate surface area is 466 Å². The van der Waals surface area contributed by atoms with Crippen molar-refractivity contribution < 1.29 is 0 Å². The Bertz CT molecular complexity index is 3370. The minimum Gasteiger partial charge on any atom is -0.143 e. The predicted molar refractivity (Wildman–Crippen MR) is 335 cm³/mol. The molecule has 0 saturated heterocycles. The molecule has 0 aliphatic carbocycles. The standard InChI is InChI=1S/C56H38S14/c1-3-11-39-33(9-1)17-19-37-31-63-53-54(64-32-38-20-18-34-10-2-4-12-40(34)48(38)47(37)39)70-56(69-53)55-67-51(61-27-21-35-29-45(41-13-5-23-57-41)65-49(35)43-15-7-25-59-43)52(68-55)62-28-22-36-30-46(42-14-6-24-58-42)66-50(36)44-16-8-26-60-44/h1-20,23-26,29-30H,21-22,27-28,31-32H2. The van der Waals surface area contributed by atoms with Gasteiger partial charge in [0.2, 0.25) is 0 Å². The van der Waals surface area contributed by atoms with E-state index in [1.807, 2.05) is 139 Å². The molecule has 0 nitrogen and oxygen atoms in total. The van der Waals surface area contributed by atoms with Crippen molar-refractivity contribution in [2.24, 2.45) is 0 Å². The maximum absolute atomic E-state index is 2.48. The van der Waals surface area contributed by atoms with Crippen molar-refractivity contribution in [2.75, 3.05) is 11.5 Å². The molecule has 0 bridgehead atoms. The highest BCUT2D eigenvalue weighted by atomic mass is 32.3. The first-order valence-corrected chi connectivity index (χ1v) is 34.9. The summed E-state index contributed by atoms with van der Waals surface area (Å²) in [5, 5.41) is 14.1. The van der Waals surface area contributed by atoms with E-state index in [1.165, 1.54) is 119 Å². The molecular formula is C56H38S14. The Kier molecular flexibility index (Phi) is 14.5. The lowest BCUT2D eigenvalue weighted by Gasteiger charge is -2.20. The molecule has 4 aromatic carbocycles. The number of hydrogen-bond donors (Lipinski definition) is 0. The lowest BCUT2D eigenvalue weighted by atomic mass is 9.88. The Morgan fingerprint density at radius 3 is 1.26 bits per heavy atom. The van der Waals surface area contributed by atoms with Crippen LogP contribution in [0.2, 0.25) is 0 Å². The zero-order chi connectivity index (χ0) is 46.4. The number of thiophene rings is 6. The van der Waals surface area contributed by atoms with Gasteiger partial charge in [-0.15, -0.1) is 115 Å². The first-order valence-electron chi connectivity index (χ1n) is 22.5. The highest BCUT2D eigenvalue weighted by molar-refractivity contribution is 8.45. The van der Waals surface area contributed by atoms with Crippen molar-refractivity contribution in [3.05, 3.63) is 203 Å². The molecule has 0 unspecified atom stereocenters. The van der Waals surface area contributed by atoms with Crippen LogP contribution >= 0.6 is 162 Å². The molecular weight excluding hydrogens is 1120 g/mol. The van der Waals surface area contributed by atoms with E-state index in [2.05, 4.69) is 179 Å². The van der Waals surface area contributed by atoms with Gasteiger partial charge in [-0.1, -0.05) is 144 Å². The molecule has 0 N–H and O–H groups in total. The van der Waals surface area contributed by atoms with E-state index in [0.717, 1.165) is 35.9 Å². The Morgan fingerprint density at radius 1 is 0.386 bits per heavy atom. The van der Waals surface area contributed by atoms with Gasteiger partial charge in [0, 0.05) is 62.0 Å². The summed E-state index contributed by atoms with van der Waals surface area (Å²) in [6.07, 6.45) is 2.09. The highest BCUT2D eigenvalue weighted by Gasteiger charge is 2.32. The molecule has 0 atom stereocenters. The maximum Gasteiger partial charge on any atom is 0.0717 e. The lowest BCUT2D eigenvalue weighted by molar-refractivity contribution is 1.18. The van der Waals surface area contributed by atoms with E-state index in [0.29, 0.717) is 0 Å². The molecule has 346 valence electrons. The van der Waals surface area contributed by atoms with E-state index in [4.69, 9.17) is 0 Å². The largest absolute Gasteiger partial charge is 0.143 e. The fourth-order valence-corrected chi connectivity index (χ4v) is 26.8. The molecule has 3 aliphatic rings. The summed E-state index contributed by atoms with van der Waals surface area (Å²) < 4.78 is 8.76. The van der Waals surface area contributed by atoms with Gasteiger partial charge in [0.15, 0.2) is 0 Å². The molecule has 0 fully saturated rings.